The molecule has 0 saturated carbocycles. The van der Waals surface area contributed by atoms with E-state index in [9.17, 15) is 19.6 Å². The molecule has 2 aliphatic rings. The first kappa shape index (κ1) is 28.6. The summed E-state index contributed by atoms with van der Waals surface area (Å²) in [7, 11) is 0.285. The number of ketones is 1. The molecule has 1 aliphatic heterocycles. The number of carbonyl (C=O) groups is 3. The van der Waals surface area contributed by atoms with E-state index < -0.39 is 8.07 Å². The molecule has 2 aromatic rings. The molecule has 9 heteroatoms. The Morgan fingerprint density at radius 1 is 1.18 bits per heavy atom. The van der Waals surface area contributed by atoms with E-state index in [0.29, 0.717) is 19.4 Å². The highest BCUT2D eigenvalue weighted by atomic mass is 28.3. The van der Waals surface area contributed by atoms with Gasteiger partial charge in [-0.2, -0.15) is 5.26 Å². The molecule has 1 saturated heterocycles. The van der Waals surface area contributed by atoms with Crippen LogP contribution in [0.15, 0.2) is 30.5 Å². The zero-order valence-electron chi connectivity index (χ0n) is 23.5. The Kier molecular flexibility index (Phi) is 8.98. The minimum Gasteiger partial charge on any atom is -0.361 e. The fourth-order valence-corrected chi connectivity index (χ4v) is 5.87. The number of allylic oxidation sites excluding steroid dienone is 2. The molecule has 0 spiro atoms. The number of ether oxygens (including phenoxy) is 1. The van der Waals surface area contributed by atoms with E-state index in [1.54, 1.807) is 10.8 Å². The molecule has 206 valence electrons. The lowest BCUT2D eigenvalue weighted by molar-refractivity contribution is -0.146. The average Bonchev–Trinajstić information content (AvgIpc) is 3.33. The molecule has 0 N–H and O–H groups in total. The molecule has 0 bridgehead atoms. The van der Waals surface area contributed by atoms with Gasteiger partial charge in [-0.3, -0.25) is 19.3 Å². The number of rotatable bonds is 10. The minimum absolute atomic E-state index is 0.134. The van der Waals surface area contributed by atoms with Crippen LogP contribution in [0.4, 0.5) is 0 Å². The molecule has 1 aromatic heterocycles. The predicted octanol–water partition coefficient (Wildman–Crippen LogP) is 5.31. The number of piperidine rings is 1. The quantitative estimate of drug-likeness (QED) is 0.173. The standard InChI is InChI=1S/C30H38N4O4Si/c1-33-28(36)16-24(17-29(33)37)22-10-11-23(26(14-22)21-8-6-5-7-9-21)15-27(35)30-32-25(18-31)19-34(30)20-38-12-13-39(2,3)4/h8,10-11,14,19,24H,5-7,9,12-13,15-17,20H2,1-4H3. The van der Waals surface area contributed by atoms with Crippen LogP contribution >= 0.6 is 0 Å². The summed E-state index contributed by atoms with van der Waals surface area (Å²) < 4.78 is 7.48. The third-order valence-electron chi connectivity index (χ3n) is 7.55. The molecule has 8 nitrogen and oxygen atoms in total. The number of amides is 2. The van der Waals surface area contributed by atoms with Gasteiger partial charge >= 0.3 is 0 Å². The van der Waals surface area contributed by atoms with Gasteiger partial charge in [0.2, 0.25) is 17.6 Å². The summed E-state index contributed by atoms with van der Waals surface area (Å²) in [5.41, 5.74) is 4.23. The largest absolute Gasteiger partial charge is 0.361 e. The molecule has 0 unspecified atom stereocenters. The number of nitrogens with zero attached hydrogens (tertiary/aromatic N) is 4. The van der Waals surface area contributed by atoms with Gasteiger partial charge < -0.3 is 9.30 Å². The van der Waals surface area contributed by atoms with Crippen molar-refractivity contribution in [3.8, 4) is 6.07 Å². The first-order chi connectivity index (χ1) is 18.6. The van der Waals surface area contributed by atoms with Crippen LogP contribution in [0.5, 0.6) is 0 Å². The Labute approximate surface area is 231 Å². The van der Waals surface area contributed by atoms with Gasteiger partial charge in [-0.25, -0.2) is 4.98 Å². The van der Waals surface area contributed by atoms with Crippen molar-refractivity contribution >= 4 is 31.2 Å². The molecule has 0 atom stereocenters. The summed E-state index contributed by atoms with van der Waals surface area (Å²) >= 11 is 0. The van der Waals surface area contributed by atoms with Gasteiger partial charge in [-0.15, -0.1) is 0 Å². The first-order valence-electron chi connectivity index (χ1n) is 13.8. The van der Waals surface area contributed by atoms with Gasteiger partial charge in [-0.05, 0) is 54.0 Å². The number of carbonyl (C=O) groups excluding carboxylic acids is 3. The number of Topliss-reactive ketones (excluding diaryl/α,β-unsaturated/α-hetero) is 1. The van der Waals surface area contributed by atoms with Crippen molar-refractivity contribution in [3.63, 3.8) is 0 Å². The normalized spacial score (nSPS) is 16.8. The van der Waals surface area contributed by atoms with E-state index in [4.69, 9.17) is 4.74 Å². The van der Waals surface area contributed by atoms with E-state index in [1.807, 2.05) is 18.2 Å². The lowest BCUT2D eigenvalue weighted by atomic mass is 9.83. The molecule has 1 fully saturated rings. The smallest absolute Gasteiger partial charge is 0.229 e. The Morgan fingerprint density at radius 2 is 1.92 bits per heavy atom. The van der Waals surface area contributed by atoms with E-state index in [0.717, 1.165) is 48.4 Å². The zero-order chi connectivity index (χ0) is 28.2. The Balaban J connectivity index is 1.59. The van der Waals surface area contributed by atoms with E-state index in [-0.39, 0.29) is 48.2 Å². The third-order valence-corrected chi connectivity index (χ3v) is 9.25. The molecular weight excluding hydrogens is 508 g/mol. The van der Waals surface area contributed by atoms with Gasteiger partial charge in [0, 0.05) is 53.1 Å². The van der Waals surface area contributed by atoms with Crippen molar-refractivity contribution in [2.45, 2.75) is 83.3 Å². The van der Waals surface area contributed by atoms with Crippen LogP contribution in [-0.4, -0.2) is 53.8 Å². The van der Waals surface area contributed by atoms with Crippen molar-refractivity contribution in [1.82, 2.24) is 14.5 Å². The molecule has 1 aromatic carbocycles. The number of imide groups is 1. The first-order valence-corrected chi connectivity index (χ1v) is 17.5. The maximum absolute atomic E-state index is 13.5. The molecule has 0 radical (unpaired) electrons. The zero-order valence-corrected chi connectivity index (χ0v) is 24.5. The second-order valence-corrected chi connectivity index (χ2v) is 17.4. The fourth-order valence-electron chi connectivity index (χ4n) is 5.11. The van der Waals surface area contributed by atoms with Crippen LogP contribution in [0.2, 0.25) is 25.7 Å². The van der Waals surface area contributed by atoms with Gasteiger partial charge in [0.1, 0.15) is 12.8 Å². The summed E-state index contributed by atoms with van der Waals surface area (Å²) in [5.74, 6) is -0.458. The number of hydrogen-bond acceptors (Lipinski definition) is 6. The minimum atomic E-state index is -1.25. The molecule has 2 heterocycles. The number of hydrogen-bond donors (Lipinski definition) is 0. The van der Waals surface area contributed by atoms with Gasteiger partial charge in [0.25, 0.3) is 0 Å². The van der Waals surface area contributed by atoms with Crippen molar-refractivity contribution in [3.05, 3.63) is 58.7 Å². The van der Waals surface area contributed by atoms with E-state index in [2.05, 4.69) is 36.8 Å². The lowest BCUT2D eigenvalue weighted by Gasteiger charge is -2.28. The van der Waals surface area contributed by atoms with Crippen LogP contribution in [-0.2, 0) is 27.5 Å². The third kappa shape index (κ3) is 7.19. The molecule has 2 amide bonds. The van der Waals surface area contributed by atoms with Crippen LogP contribution < -0.4 is 0 Å². The van der Waals surface area contributed by atoms with Crippen LogP contribution in [0.1, 0.15) is 77.4 Å². The topological polar surface area (TPSA) is 105 Å². The second kappa shape index (κ2) is 12.2. The highest BCUT2D eigenvalue weighted by molar-refractivity contribution is 6.76. The molecular formula is C30H38N4O4Si. The molecule has 1 aliphatic carbocycles. The summed E-state index contributed by atoms with van der Waals surface area (Å²) in [6.45, 7) is 7.62. The SMILES string of the molecule is CN1C(=O)CC(c2ccc(CC(=O)c3nc(C#N)cn3COCC[Si](C)(C)C)c(C3=CCCCC3)c2)CC1=O. The number of likely N-dealkylation sites (tertiary alicyclic amines) is 1. The number of nitriles is 1. The van der Waals surface area contributed by atoms with Gasteiger partial charge in [0.05, 0.1) is 0 Å². The van der Waals surface area contributed by atoms with E-state index in [1.165, 1.54) is 17.5 Å². The monoisotopic (exact) mass is 546 g/mol. The Hall–Kier alpha value is -3.35. The highest BCUT2D eigenvalue weighted by Crippen LogP contribution is 2.35. The average molecular weight is 547 g/mol. The summed E-state index contributed by atoms with van der Waals surface area (Å²) in [6.07, 6.45) is 8.68. The number of benzene rings is 1. The molecule has 4 rings (SSSR count). The summed E-state index contributed by atoms with van der Waals surface area (Å²) in [4.78, 5) is 43.8. The summed E-state index contributed by atoms with van der Waals surface area (Å²) in [5, 5.41) is 9.42. The van der Waals surface area contributed by atoms with Crippen molar-refractivity contribution in [2.24, 2.45) is 0 Å². The lowest BCUT2D eigenvalue weighted by Crippen LogP contribution is -2.39. The fraction of sp³-hybridized carbons (Fsp3) is 0.500. The van der Waals surface area contributed by atoms with Gasteiger partial charge in [0.15, 0.2) is 11.5 Å². The van der Waals surface area contributed by atoms with Crippen molar-refractivity contribution in [2.75, 3.05) is 13.7 Å². The maximum atomic E-state index is 13.5. The predicted molar refractivity (Wildman–Crippen MR) is 152 cm³/mol. The maximum Gasteiger partial charge on any atom is 0.229 e. The van der Waals surface area contributed by atoms with Crippen molar-refractivity contribution < 1.29 is 19.1 Å². The number of imidazole rings is 1. The van der Waals surface area contributed by atoms with Gasteiger partial charge in [-0.1, -0.05) is 43.9 Å². The second-order valence-electron chi connectivity index (χ2n) is 11.8. The highest BCUT2D eigenvalue weighted by Gasteiger charge is 2.31. The van der Waals surface area contributed by atoms with Crippen LogP contribution in [0.3, 0.4) is 0 Å². The van der Waals surface area contributed by atoms with Crippen LogP contribution in [0.25, 0.3) is 5.57 Å². The molecule has 39 heavy (non-hydrogen) atoms. The van der Waals surface area contributed by atoms with Crippen LogP contribution in [0, 0.1) is 11.3 Å². The summed E-state index contributed by atoms with van der Waals surface area (Å²) in [6, 6.07) is 9.02. The Morgan fingerprint density at radius 3 is 2.56 bits per heavy atom. The van der Waals surface area contributed by atoms with Crippen molar-refractivity contribution in [1.29, 1.82) is 5.26 Å². The van der Waals surface area contributed by atoms with E-state index >= 15 is 0 Å². The number of aromatic nitrogens is 2. The Bertz CT molecular complexity index is 1310.